The standard InChI is InChI=1S/C11H22N2O3/c1-11(2,3)16-10(15)13-8-6-7(12)4-5-9(8)14/h7-9,14H,4-6,12H2,1-3H3,(H,13,15). The summed E-state index contributed by atoms with van der Waals surface area (Å²) in [7, 11) is 0. The molecule has 5 heteroatoms. The van der Waals surface area contributed by atoms with E-state index in [0.717, 1.165) is 6.42 Å². The van der Waals surface area contributed by atoms with Crippen molar-refractivity contribution in [3.05, 3.63) is 0 Å². The average molecular weight is 230 g/mol. The summed E-state index contributed by atoms with van der Waals surface area (Å²) in [6.45, 7) is 5.40. The van der Waals surface area contributed by atoms with Crippen LogP contribution in [-0.4, -0.2) is 35.0 Å². The highest BCUT2D eigenvalue weighted by Crippen LogP contribution is 2.18. The van der Waals surface area contributed by atoms with Crippen LogP contribution in [0.25, 0.3) is 0 Å². The zero-order valence-corrected chi connectivity index (χ0v) is 10.2. The van der Waals surface area contributed by atoms with Gasteiger partial charge >= 0.3 is 6.09 Å². The fourth-order valence-electron chi connectivity index (χ4n) is 1.80. The van der Waals surface area contributed by atoms with Crippen LogP contribution in [0.15, 0.2) is 0 Å². The minimum Gasteiger partial charge on any atom is -0.444 e. The Morgan fingerprint density at radius 1 is 1.44 bits per heavy atom. The molecule has 1 fully saturated rings. The van der Waals surface area contributed by atoms with E-state index in [2.05, 4.69) is 5.32 Å². The lowest BCUT2D eigenvalue weighted by atomic mass is 9.89. The summed E-state index contributed by atoms with van der Waals surface area (Å²) in [5, 5.41) is 12.4. The molecule has 16 heavy (non-hydrogen) atoms. The molecular formula is C11H22N2O3. The molecule has 1 amide bonds. The van der Waals surface area contributed by atoms with E-state index in [4.69, 9.17) is 10.5 Å². The zero-order valence-electron chi connectivity index (χ0n) is 10.2. The van der Waals surface area contributed by atoms with Crippen molar-refractivity contribution < 1.29 is 14.6 Å². The molecule has 0 aromatic rings. The summed E-state index contributed by atoms with van der Waals surface area (Å²) in [6.07, 6.45) is 1.01. The van der Waals surface area contributed by atoms with Crippen LogP contribution in [0.2, 0.25) is 0 Å². The minimum atomic E-state index is -0.522. The Bertz CT molecular complexity index is 250. The number of aliphatic hydroxyl groups is 1. The summed E-state index contributed by atoms with van der Waals surface area (Å²) in [5.41, 5.74) is 5.27. The third-order valence-electron chi connectivity index (χ3n) is 2.56. The number of alkyl carbamates (subject to hydrolysis) is 1. The van der Waals surface area contributed by atoms with E-state index in [1.54, 1.807) is 20.8 Å². The number of rotatable bonds is 1. The lowest BCUT2D eigenvalue weighted by Crippen LogP contribution is -2.51. The van der Waals surface area contributed by atoms with Crippen molar-refractivity contribution in [3.63, 3.8) is 0 Å². The van der Waals surface area contributed by atoms with E-state index in [1.807, 2.05) is 0 Å². The van der Waals surface area contributed by atoms with Gasteiger partial charge in [0, 0.05) is 6.04 Å². The number of amides is 1. The first-order valence-electron chi connectivity index (χ1n) is 5.71. The van der Waals surface area contributed by atoms with E-state index in [0.29, 0.717) is 12.8 Å². The number of nitrogens with one attached hydrogen (secondary N) is 1. The zero-order chi connectivity index (χ0) is 12.3. The van der Waals surface area contributed by atoms with Crippen LogP contribution in [0.1, 0.15) is 40.0 Å². The lowest BCUT2D eigenvalue weighted by Gasteiger charge is -2.32. The predicted molar refractivity (Wildman–Crippen MR) is 61.0 cm³/mol. The highest BCUT2D eigenvalue weighted by atomic mass is 16.6. The molecule has 0 saturated heterocycles. The van der Waals surface area contributed by atoms with Crippen molar-refractivity contribution in [3.8, 4) is 0 Å². The fraction of sp³-hybridized carbons (Fsp3) is 0.909. The van der Waals surface area contributed by atoms with Crippen LogP contribution < -0.4 is 11.1 Å². The third-order valence-corrected chi connectivity index (χ3v) is 2.56. The topological polar surface area (TPSA) is 84.6 Å². The molecule has 1 aliphatic rings. The van der Waals surface area contributed by atoms with Gasteiger partial charge in [0.05, 0.1) is 12.1 Å². The fourth-order valence-corrected chi connectivity index (χ4v) is 1.80. The molecule has 4 N–H and O–H groups in total. The normalized spacial score (nSPS) is 30.9. The van der Waals surface area contributed by atoms with Gasteiger partial charge in [0.15, 0.2) is 0 Å². The van der Waals surface area contributed by atoms with Crippen molar-refractivity contribution in [2.24, 2.45) is 5.73 Å². The molecule has 1 rings (SSSR count). The molecule has 0 aromatic heterocycles. The largest absolute Gasteiger partial charge is 0.444 e. The predicted octanol–water partition coefficient (Wildman–Crippen LogP) is 0.752. The van der Waals surface area contributed by atoms with Gasteiger partial charge in [-0.3, -0.25) is 0 Å². The van der Waals surface area contributed by atoms with Gasteiger partial charge in [-0.15, -0.1) is 0 Å². The van der Waals surface area contributed by atoms with Crippen LogP contribution in [0.4, 0.5) is 4.79 Å². The van der Waals surface area contributed by atoms with E-state index < -0.39 is 17.8 Å². The maximum absolute atomic E-state index is 11.5. The Morgan fingerprint density at radius 3 is 2.62 bits per heavy atom. The highest BCUT2D eigenvalue weighted by Gasteiger charge is 2.29. The molecule has 1 aliphatic carbocycles. The lowest BCUT2D eigenvalue weighted by molar-refractivity contribution is 0.0348. The summed E-state index contributed by atoms with van der Waals surface area (Å²) < 4.78 is 5.12. The van der Waals surface area contributed by atoms with Gasteiger partial charge in [-0.05, 0) is 40.0 Å². The summed E-state index contributed by atoms with van der Waals surface area (Å²) >= 11 is 0. The Hall–Kier alpha value is -0.810. The van der Waals surface area contributed by atoms with Gasteiger partial charge < -0.3 is 20.9 Å². The van der Waals surface area contributed by atoms with Gasteiger partial charge in [0.2, 0.25) is 0 Å². The highest BCUT2D eigenvalue weighted by molar-refractivity contribution is 5.68. The van der Waals surface area contributed by atoms with Crippen molar-refractivity contribution in [1.29, 1.82) is 0 Å². The Kier molecular flexibility index (Phi) is 4.15. The van der Waals surface area contributed by atoms with E-state index in [-0.39, 0.29) is 12.1 Å². The van der Waals surface area contributed by atoms with Crippen LogP contribution in [-0.2, 0) is 4.74 Å². The van der Waals surface area contributed by atoms with Crippen LogP contribution in [0.5, 0.6) is 0 Å². The Balaban J connectivity index is 2.43. The first-order chi connectivity index (χ1) is 7.28. The van der Waals surface area contributed by atoms with E-state index >= 15 is 0 Å². The Labute approximate surface area is 96.3 Å². The van der Waals surface area contributed by atoms with Crippen molar-refractivity contribution in [2.45, 2.75) is 63.8 Å². The van der Waals surface area contributed by atoms with Crippen LogP contribution >= 0.6 is 0 Å². The summed E-state index contributed by atoms with van der Waals surface area (Å²) in [5.74, 6) is 0. The molecule has 0 heterocycles. The number of aliphatic hydroxyl groups excluding tert-OH is 1. The Morgan fingerprint density at radius 2 is 2.06 bits per heavy atom. The number of hydrogen-bond acceptors (Lipinski definition) is 4. The number of carbonyl (C=O) groups excluding carboxylic acids is 1. The first kappa shape index (κ1) is 13.3. The molecular weight excluding hydrogens is 208 g/mol. The number of carbonyl (C=O) groups is 1. The second-order valence-electron chi connectivity index (χ2n) is 5.39. The van der Waals surface area contributed by atoms with E-state index in [9.17, 15) is 9.90 Å². The number of nitrogens with two attached hydrogens (primary N) is 1. The SMILES string of the molecule is CC(C)(C)OC(=O)NC1CC(N)CCC1O. The van der Waals surface area contributed by atoms with Crippen molar-refractivity contribution >= 4 is 6.09 Å². The monoisotopic (exact) mass is 230 g/mol. The second kappa shape index (κ2) is 5.01. The first-order valence-corrected chi connectivity index (χ1v) is 5.71. The van der Waals surface area contributed by atoms with Gasteiger partial charge in [-0.25, -0.2) is 4.79 Å². The smallest absolute Gasteiger partial charge is 0.407 e. The summed E-state index contributed by atoms with van der Waals surface area (Å²) in [4.78, 5) is 11.5. The van der Waals surface area contributed by atoms with Gasteiger partial charge in [-0.1, -0.05) is 0 Å². The summed E-state index contributed by atoms with van der Waals surface area (Å²) in [6, 6.07) is -0.248. The minimum absolute atomic E-state index is 0.0448. The maximum atomic E-state index is 11.5. The molecule has 94 valence electrons. The molecule has 0 spiro atoms. The second-order valence-corrected chi connectivity index (χ2v) is 5.39. The average Bonchev–Trinajstić information content (AvgIpc) is 2.08. The van der Waals surface area contributed by atoms with Crippen LogP contribution in [0, 0.1) is 0 Å². The van der Waals surface area contributed by atoms with Gasteiger partial charge in [0.1, 0.15) is 5.60 Å². The van der Waals surface area contributed by atoms with Gasteiger partial charge in [0.25, 0.3) is 0 Å². The molecule has 0 aromatic carbocycles. The quantitative estimate of drug-likeness (QED) is 0.620. The third kappa shape index (κ3) is 4.37. The number of ether oxygens (including phenoxy) is 1. The molecule has 0 aliphatic heterocycles. The van der Waals surface area contributed by atoms with E-state index in [1.165, 1.54) is 0 Å². The maximum Gasteiger partial charge on any atom is 0.407 e. The molecule has 3 atom stereocenters. The molecule has 0 radical (unpaired) electrons. The molecule has 1 saturated carbocycles. The number of hydrogen-bond donors (Lipinski definition) is 3. The molecule has 5 nitrogen and oxygen atoms in total. The van der Waals surface area contributed by atoms with Crippen molar-refractivity contribution in [2.75, 3.05) is 0 Å². The molecule has 0 bridgehead atoms. The van der Waals surface area contributed by atoms with Gasteiger partial charge in [-0.2, -0.15) is 0 Å². The molecule has 3 unspecified atom stereocenters. The van der Waals surface area contributed by atoms with Crippen LogP contribution in [0.3, 0.4) is 0 Å². The van der Waals surface area contributed by atoms with Crippen molar-refractivity contribution in [1.82, 2.24) is 5.32 Å².